The zero-order valence-electron chi connectivity index (χ0n) is 13.3. The van der Waals surface area contributed by atoms with Crippen LogP contribution in [0.2, 0.25) is 18.1 Å². The molecule has 4 nitrogen and oxygen atoms in total. The average molecular weight is 368 g/mol. The highest BCUT2D eigenvalue weighted by Gasteiger charge is 2.53. The fourth-order valence-electron chi connectivity index (χ4n) is 2.39. The molecule has 3 rings (SSSR count). The Morgan fingerprint density at radius 2 is 1.95 bits per heavy atom. The normalized spacial score (nSPS) is 18.2. The molecule has 1 aliphatic rings. The Hall–Kier alpha value is -0.723. The predicted molar refractivity (Wildman–Crippen MR) is 89.9 cm³/mol. The van der Waals surface area contributed by atoms with E-state index in [0.29, 0.717) is 0 Å². The van der Waals surface area contributed by atoms with Gasteiger partial charge in [-0.05, 0) is 59.0 Å². The van der Waals surface area contributed by atoms with E-state index in [-0.39, 0.29) is 10.6 Å². The van der Waals surface area contributed by atoms with Crippen molar-refractivity contribution in [1.29, 1.82) is 0 Å². The van der Waals surface area contributed by atoms with Gasteiger partial charge in [0.25, 0.3) is 0 Å². The molecule has 0 unspecified atom stereocenters. The zero-order valence-corrected chi connectivity index (χ0v) is 15.9. The van der Waals surface area contributed by atoms with Gasteiger partial charge < -0.3 is 4.43 Å². The van der Waals surface area contributed by atoms with E-state index < -0.39 is 8.32 Å². The average Bonchev–Trinajstić information content (AvgIpc) is 2.94. The number of nitrogens with zero attached hydrogens (tertiary/aromatic N) is 3. The van der Waals surface area contributed by atoms with Crippen molar-refractivity contribution >= 4 is 29.9 Å². The Balaban J connectivity index is 2.03. The van der Waals surface area contributed by atoms with E-state index in [0.717, 1.165) is 28.7 Å². The minimum atomic E-state index is -1.81. The Bertz CT molecular complexity index is 686. The van der Waals surface area contributed by atoms with Gasteiger partial charge in [0, 0.05) is 0 Å². The van der Waals surface area contributed by atoms with Gasteiger partial charge in [0.15, 0.2) is 14.0 Å². The lowest BCUT2D eigenvalue weighted by atomic mass is 10.2. The molecule has 1 fully saturated rings. The molecule has 1 aliphatic carbocycles. The van der Waals surface area contributed by atoms with Gasteiger partial charge in [-0.2, -0.15) is 5.10 Å². The Morgan fingerprint density at radius 1 is 1.29 bits per heavy atom. The highest BCUT2D eigenvalue weighted by molar-refractivity contribution is 9.10. The van der Waals surface area contributed by atoms with Crippen molar-refractivity contribution in [2.45, 2.75) is 57.3 Å². The van der Waals surface area contributed by atoms with E-state index in [2.05, 4.69) is 72.0 Å². The molecular formula is C15H22BrN3OSi. The lowest BCUT2D eigenvalue weighted by Crippen LogP contribution is -2.44. The molecule has 0 N–H and O–H groups in total. The number of aromatic nitrogens is 3. The quantitative estimate of drug-likeness (QED) is 0.749. The molecule has 1 saturated carbocycles. The molecule has 0 amide bonds. The second-order valence-corrected chi connectivity index (χ2v) is 13.0. The second-order valence-electron chi connectivity index (χ2n) is 7.42. The number of halogens is 1. The SMILES string of the molecule is CC(C)(C)[Si](C)(C)OC1(c2ccc(Br)c3ncnn23)CC1. The molecule has 2 aromatic rings. The first-order chi connectivity index (χ1) is 9.66. The molecule has 0 aliphatic heterocycles. The van der Waals surface area contributed by atoms with E-state index in [1.54, 1.807) is 6.33 Å². The third kappa shape index (κ3) is 2.47. The smallest absolute Gasteiger partial charge is 0.193 e. The fraction of sp³-hybridized carbons (Fsp3) is 0.600. The van der Waals surface area contributed by atoms with Gasteiger partial charge in [0.2, 0.25) is 0 Å². The summed E-state index contributed by atoms with van der Waals surface area (Å²) in [7, 11) is -1.81. The van der Waals surface area contributed by atoms with Crippen molar-refractivity contribution in [2.75, 3.05) is 0 Å². The van der Waals surface area contributed by atoms with Crippen LogP contribution in [-0.2, 0) is 10.0 Å². The summed E-state index contributed by atoms with van der Waals surface area (Å²) in [5, 5.41) is 4.60. The van der Waals surface area contributed by atoms with E-state index in [1.165, 1.54) is 0 Å². The third-order valence-corrected chi connectivity index (χ3v) is 9.94. The van der Waals surface area contributed by atoms with Crippen molar-refractivity contribution in [1.82, 2.24) is 14.6 Å². The second kappa shape index (κ2) is 4.63. The summed E-state index contributed by atoms with van der Waals surface area (Å²) in [5.41, 5.74) is 1.82. The molecular weight excluding hydrogens is 346 g/mol. The van der Waals surface area contributed by atoms with Crippen LogP contribution in [0.5, 0.6) is 0 Å². The summed E-state index contributed by atoms with van der Waals surface area (Å²) in [6.45, 7) is 11.5. The lowest BCUT2D eigenvalue weighted by molar-refractivity contribution is 0.152. The van der Waals surface area contributed by atoms with Crippen molar-refractivity contribution in [2.24, 2.45) is 0 Å². The first kappa shape index (κ1) is 15.2. The minimum Gasteiger partial charge on any atom is -0.406 e. The lowest BCUT2D eigenvalue weighted by Gasteiger charge is -2.39. The van der Waals surface area contributed by atoms with Gasteiger partial charge in [0.1, 0.15) is 6.33 Å². The van der Waals surface area contributed by atoms with E-state index >= 15 is 0 Å². The molecule has 21 heavy (non-hydrogen) atoms. The standard InChI is InChI=1S/C15H22BrN3OSi/c1-14(2,3)21(4,5)20-15(8-9-15)12-7-6-11(16)13-17-10-18-19(12)13/h6-7,10H,8-9H2,1-5H3. The van der Waals surface area contributed by atoms with Gasteiger partial charge in [-0.15, -0.1) is 0 Å². The molecule has 114 valence electrons. The molecule has 2 aromatic heterocycles. The third-order valence-electron chi connectivity index (χ3n) is 4.80. The van der Waals surface area contributed by atoms with E-state index in [9.17, 15) is 0 Å². The zero-order chi connectivity index (χ0) is 15.5. The Kier molecular flexibility index (Phi) is 3.35. The van der Waals surface area contributed by atoms with Crippen molar-refractivity contribution in [3.63, 3.8) is 0 Å². The number of hydrogen-bond donors (Lipinski definition) is 0. The van der Waals surface area contributed by atoms with E-state index in [1.807, 2.05) is 4.52 Å². The molecule has 0 radical (unpaired) electrons. The van der Waals surface area contributed by atoms with Crippen LogP contribution in [0, 0.1) is 0 Å². The summed E-state index contributed by atoms with van der Waals surface area (Å²) in [6.07, 6.45) is 3.73. The van der Waals surface area contributed by atoms with Crippen LogP contribution in [0.4, 0.5) is 0 Å². The van der Waals surface area contributed by atoms with Crippen LogP contribution in [0.25, 0.3) is 5.65 Å². The van der Waals surface area contributed by atoms with Crippen LogP contribution in [0.3, 0.4) is 0 Å². The fourth-order valence-corrected chi connectivity index (χ4v) is 4.38. The maximum atomic E-state index is 6.74. The predicted octanol–water partition coefficient (Wildman–Crippen LogP) is 4.50. The van der Waals surface area contributed by atoms with Crippen molar-refractivity contribution in [3.05, 3.63) is 28.6 Å². The minimum absolute atomic E-state index is 0.171. The van der Waals surface area contributed by atoms with Crippen molar-refractivity contribution < 1.29 is 4.43 Å². The summed E-state index contributed by atoms with van der Waals surface area (Å²) in [5.74, 6) is 0. The molecule has 6 heteroatoms. The molecule has 0 saturated heterocycles. The summed E-state index contributed by atoms with van der Waals surface area (Å²) >= 11 is 3.54. The first-order valence-corrected chi connectivity index (χ1v) is 11.1. The van der Waals surface area contributed by atoms with Gasteiger partial charge in [-0.25, -0.2) is 9.50 Å². The van der Waals surface area contributed by atoms with Crippen LogP contribution >= 0.6 is 15.9 Å². The molecule has 0 bridgehead atoms. The number of pyridine rings is 1. The highest BCUT2D eigenvalue weighted by atomic mass is 79.9. The van der Waals surface area contributed by atoms with E-state index in [4.69, 9.17) is 4.43 Å². The van der Waals surface area contributed by atoms with Crippen LogP contribution in [0.15, 0.2) is 22.9 Å². The highest BCUT2D eigenvalue weighted by Crippen LogP contribution is 2.54. The largest absolute Gasteiger partial charge is 0.406 e. The summed E-state index contributed by atoms with van der Waals surface area (Å²) in [4.78, 5) is 4.33. The van der Waals surface area contributed by atoms with Crippen LogP contribution in [-0.4, -0.2) is 22.9 Å². The molecule has 0 spiro atoms. The first-order valence-electron chi connectivity index (χ1n) is 7.35. The van der Waals surface area contributed by atoms with Gasteiger partial charge in [-0.1, -0.05) is 20.8 Å². The van der Waals surface area contributed by atoms with Crippen molar-refractivity contribution in [3.8, 4) is 0 Å². The van der Waals surface area contributed by atoms with Gasteiger partial charge in [0.05, 0.1) is 15.8 Å². The van der Waals surface area contributed by atoms with Gasteiger partial charge >= 0.3 is 0 Å². The Labute approximate surface area is 135 Å². The maximum absolute atomic E-state index is 6.74. The topological polar surface area (TPSA) is 39.4 Å². The number of hydrogen-bond acceptors (Lipinski definition) is 3. The Morgan fingerprint density at radius 3 is 2.52 bits per heavy atom. The molecule has 0 atom stereocenters. The molecule has 2 heterocycles. The van der Waals surface area contributed by atoms with Crippen LogP contribution < -0.4 is 0 Å². The maximum Gasteiger partial charge on any atom is 0.193 e. The number of fused-ring (bicyclic) bond motifs is 1. The number of rotatable bonds is 3. The van der Waals surface area contributed by atoms with Gasteiger partial charge in [-0.3, -0.25) is 0 Å². The summed E-state index contributed by atoms with van der Waals surface area (Å²) in [6, 6.07) is 4.17. The molecule has 0 aromatic carbocycles. The monoisotopic (exact) mass is 367 g/mol. The summed E-state index contributed by atoms with van der Waals surface area (Å²) < 4.78 is 9.62. The van der Waals surface area contributed by atoms with Crippen LogP contribution in [0.1, 0.15) is 39.3 Å².